The van der Waals surface area contributed by atoms with Crippen LogP contribution in [0.25, 0.3) is 0 Å². The van der Waals surface area contributed by atoms with Crippen LogP contribution >= 0.6 is 27.3 Å². The predicted molar refractivity (Wildman–Crippen MR) is 84.4 cm³/mol. The van der Waals surface area contributed by atoms with E-state index >= 15 is 0 Å². The Morgan fingerprint density at radius 2 is 2.22 bits per heavy atom. The van der Waals surface area contributed by atoms with E-state index in [1.807, 2.05) is 11.3 Å². The minimum Gasteiger partial charge on any atom is -0.314 e. The third-order valence-electron chi connectivity index (χ3n) is 3.84. The molecule has 1 N–H and O–H groups in total. The number of nitrogens with one attached hydrogen (secondary N) is 1. The van der Waals surface area contributed by atoms with Crippen LogP contribution in [0.2, 0.25) is 0 Å². The van der Waals surface area contributed by atoms with Gasteiger partial charge >= 0.3 is 0 Å². The second kappa shape index (κ2) is 7.66. The molecular weight excluding hydrogens is 306 g/mol. The van der Waals surface area contributed by atoms with E-state index in [0.29, 0.717) is 6.04 Å². The molecule has 2 rings (SSSR count). The summed E-state index contributed by atoms with van der Waals surface area (Å²) in [6, 6.07) is 2.96. The Balaban J connectivity index is 1.86. The minimum absolute atomic E-state index is 0.679. The number of rotatable bonds is 7. The lowest BCUT2D eigenvalue weighted by atomic mass is 9.96. The quantitative estimate of drug-likeness (QED) is 0.742. The molecule has 102 valence electrons. The SMILES string of the molecule is CCCNC(Cc1cc(Br)cs1)CC1CCCC1. The van der Waals surface area contributed by atoms with E-state index in [-0.39, 0.29) is 0 Å². The van der Waals surface area contributed by atoms with Gasteiger partial charge in [-0.3, -0.25) is 0 Å². The Bertz CT molecular complexity index is 344. The molecule has 1 unspecified atom stereocenters. The third kappa shape index (κ3) is 4.67. The van der Waals surface area contributed by atoms with Gasteiger partial charge < -0.3 is 5.32 Å². The van der Waals surface area contributed by atoms with Crippen molar-refractivity contribution in [2.24, 2.45) is 5.92 Å². The van der Waals surface area contributed by atoms with Crippen molar-refractivity contribution in [3.05, 3.63) is 20.8 Å². The second-order valence-electron chi connectivity index (χ2n) is 5.47. The van der Waals surface area contributed by atoms with Gasteiger partial charge in [-0.2, -0.15) is 0 Å². The monoisotopic (exact) mass is 329 g/mol. The first-order chi connectivity index (χ1) is 8.78. The molecule has 1 fully saturated rings. The Morgan fingerprint density at radius 1 is 1.44 bits per heavy atom. The first-order valence-corrected chi connectivity index (χ1v) is 8.91. The summed E-state index contributed by atoms with van der Waals surface area (Å²) in [4.78, 5) is 1.51. The fourth-order valence-corrected chi connectivity index (χ4v) is 4.47. The molecule has 3 heteroatoms. The van der Waals surface area contributed by atoms with Crippen molar-refractivity contribution in [1.82, 2.24) is 5.32 Å². The van der Waals surface area contributed by atoms with Crippen molar-refractivity contribution in [3.8, 4) is 0 Å². The summed E-state index contributed by atoms with van der Waals surface area (Å²) in [6.07, 6.45) is 9.62. The normalized spacial score (nSPS) is 18.3. The summed E-state index contributed by atoms with van der Waals surface area (Å²) in [7, 11) is 0. The fraction of sp³-hybridized carbons (Fsp3) is 0.733. The summed E-state index contributed by atoms with van der Waals surface area (Å²) in [5.74, 6) is 0.975. The average molecular weight is 330 g/mol. The molecule has 0 aliphatic heterocycles. The molecule has 0 saturated heterocycles. The number of hydrogen-bond acceptors (Lipinski definition) is 2. The van der Waals surface area contributed by atoms with Crippen molar-refractivity contribution in [1.29, 1.82) is 0 Å². The van der Waals surface area contributed by atoms with Gasteiger partial charge in [-0.05, 0) is 53.7 Å². The molecule has 0 amide bonds. The van der Waals surface area contributed by atoms with Crippen LogP contribution in [0.4, 0.5) is 0 Å². The van der Waals surface area contributed by atoms with E-state index < -0.39 is 0 Å². The molecule has 0 spiro atoms. The molecule has 0 aromatic carbocycles. The highest BCUT2D eigenvalue weighted by atomic mass is 79.9. The number of halogens is 1. The molecule has 1 saturated carbocycles. The van der Waals surface area contributed by atoms with Crippen LogP contribution in [0.5, 0.6) is 0 Å². The van der Waals surface area contributed by atoms with Gasteiger partial charge in [-0.15, -0.1) is 11.3 Å². The largest absolute Gasteiger partial charge is 0.314 e. The van der Waals surface area contributed by atoms with Crippen molar-refractivity contribution < 1.29 is 0 Å². The number of hydrogen-bond donors (Lipinski definition) is 1. The van der Waals surface area contributed by atoms with Gasteiger partial charge in [0.25, 0.3) is 0 Å². The van der Waals surface area contributed by atoms with Gasteiger partial charge in [0.1, 0.15) is 0 Å². The zero-order valence-electron chi connectivity index (χ0n) is 11.3. The first kappa shape index (κ1) is 14.5. The maximum Gasteiger partial charge on any atom is 0.0285 e. The molecule has 1 aliphatic carbocycles. The molecular formula is C15H24BrNS. The summed E-state index contributed by atoms with van der Waals surface area (Å²) >= 11 is 5.44. The predicted octanol–water partition coefficient (Wildman–Crippen LogP) is 5.00. The van der Waals surface area contributed by atoms with Crippen LogP contribution in [0.1, 0.15) is 50.3 Å². The molecule has 1 aromatic heterocycles. The van der Waals surface area contributed by atoms with Crippen LogP contribution in [-0.2, 0) is 6.42 Å². The molecule has 1 aromatic rings. The lowest BCUT2D eigenvalue weighted by Gasteiger charge is -2.21. The smallest absolute Gasteiger partial charge is 0.0285 e. The van der Waals surface area contributed by atoms with E-state index in [1.54, 1.807) is 0 Å². The second-order valence-corrected chi connectivity index (χ2v) is 7.38. The summed E-state index contributed by atoms with van der Waals surface area (Å²) in [6.45, 7) is 3.41. The van der Waals surface area contributed by atoms with Crippen molar-refractivity contribution in [2.45, 2.75) is 57.9 Å². The van der Waals surface area contributed by atoms with Crippen molar-refractivity contribution in [3.63, 3.8) is 0 Å². The van der Waals surface area contributed by atoms with Crippen LogP contribution in [0.15, 0.2) is 15.9 Å². The van der Waals surface area contributed by atoms with Crippen LogP contribution in [0, 0.1) is 5.92 Å². The lowest BCUT2D eigenvalue weighted by Crippen LogP contribution is -2.33. The highest BCUT2D eigenvalue weighted by Crippen LogP contribution is 2.30. The molecule has 18 heavy (non-hydrogen) atoms. The highest BCUT2D eigenvalue weighted by Gasteiger charge is 2.20. The van der Waals surface area contributed by atoms with Crippen LogP contribution in [0.3, 0.4) is 0 Å². The van der Waals surface area contributed by atoms with Gasteiger partial charge in [0.15, 0.2) is 0 Å². The summed E-state index contributed by atoms with van der Waals surface area (Å²) < 4.78 is 1.23. The average Bonchev–Trinajstić information content (AvgIpc) is 2.98. The van der Waals surface area contributed by atoms with Gasteiger partial charge in [-0.1, -0.05) is 32.6 Å². The maximum absolute atomic E-state index is 3.75. The third-order valence-corrected chi connectivity index (χ3v) is 5.56. The molecule has 1 aliphatic rings. The molecule has 1 atom stereocenters. The summed E-state index contributed by atoms with van der Waals surface area (Å²) in [5.41, 5.74) is 0. The molecule has 0 bridgehead atoms. The van der Waals surface area contributed by atoms with Crippen LogP contribution < -0.4 is 5.32 Å². The molecule has 0 radical (unpaired) electrons. The molecule has 1 nitrogen and oxygen atoms in total. The van der Waals surface area contributed by atoms with Gasteiger partial charge in [0.05, 0.1) is 0 Å². The van der Waals surface area contributed by atoms with E-state index in [0.717, 1.165) is 12.5 Å². The first-order valence-electron chi connectivity index (χ1n) is 7.24. The Morgan fingerprint density at radius 3 is 2.83 bits per heavy atom. The number of thiophene rings is 1. The van der Waals surface area contributed by atoms with E-state index in [2.05, 4.69) is 39.6 Å². The Labute approximate surface area is 123 Å². The Hall–Kier alpha value is 0.140. The van der Waals surface area contributed by atoms with Gasteiger partial charge in [0.2, 0.25) is 0 Å². The van der Waals surface area contributed by atoms with Crippen LogP contribution in [-0.4, -0.2) is 12.6 Å². The van der Waals surface area contributed by atoms with Gasteiger partial charge in [-0.25, -0.2) is 0 Å². The fourth-order valence-electron chi connectivity index (χ4n) is 2.94. The van der Waals surface area contributed by atoms with Crippen molar-refractivity contribution in [2.75, 3.05) is 6.54 Å². The van der Waals surface area contributed by atoms with E-state index in [1.165, 1.54) is 54.3 Å². The Kier molecular flexibility index (Phi) is 6.19. The van der Waals surface area contributed by atoms with E-state index in [4.69, 9.17) is 0 Å². The topological polar surface area (TPSA) is 12.0 Å². The maximum atomic E-state index is 3.75. The molecule has 1 heterocycles. The van der Waals surface area contributed by atoms with Gasteiger partial charge in [0, 0.05) is 20.8 Å². The van der Waals surface area contributed by atoms with E-state index in [9.17, 15) is 0 Å². The minimum atomic E-state index is 0.679. The zero-order chi connectivity index (χ0) is 12.8. The highest BCUT2D eigenvalue weighted by molar-refractivity contribution is 9.10. The standard InChI is InChI=1S/C15H24BrNS/c1-2-7-17-14(8-12-5-3-4-6-12)10-15-9-13(16)11-18-15/h9,11-12,14,17H,2-8,10H2,1H3. The zero-order valence-corrected chi connectivity index (χ0v) is 13.7. The lowest BCUT2D eigenvalue weighted by molar-refractivity contribution is 0.386. The summed E-state index contributed by atoms with van der Waals surface area (Å²) in [5, 5.41) is 5.94. The van der Waals surface area contributed by atoms with Crippen molar-refractivity contribution >= 4 is 27.3 Å².